The molecule has 0 fully saturated rings. The van der Waals surface area contributed by atoms with Crippen LogP contribution in [0.3, 0.4) is 0 Å². The Morgan fingerprint density at radius 1 is 1.21 bits per heavy atom. The van der Waals surface area contributed by atoms with Crippen LogP contribution in [0.4, 0.5) is 10.5 Å². The predicted octanol–water partition coefficient (Wildman–Crippen LogP) is 4.59. The average Bonchev–Trinajstić information content (AvgIpc) is 2.69. The van der Waals surface area contributed by atoms with Crippen molar-refractivity contribution in [3.05, 3.63) is 69.7 Å². The van der Waals surface area contributed by atoms with Crippen LogP contribution >= 0.6 is 11.6 Å². The topological polar surface area (TPSA) is 67.2 Å². The minimum atomic E-state index is -0.341. The molecule has 1 atom stereocenters. The van der Waals surface area contributed by atoms with Gasteiger partial charge in [0.25, 0.3) is 5.56 Å². The molecule has 2 aromatic carbocycles. The highest BCUT2D eigenvalue weighted by Crippen LogP contribution is 2.24. The molecule has 2 amide bonds. The van der Waals surface area contributed by atoms with Gasteiger partial charge in [-0.1, -0.05) is 36.7 Å². The number of hydrogen-bond donors (Lipinski definition) is 1. The number of amides is 2. The van der Waals surface area contributed by atoms with Crippen molar-refractivity contribution in [2.75, 3.05) is 11.9 Å². The maximum atomic E-state index is 12.9. The third-order valence-corrected chi connectivity index (χ3v) is 4.99. The SMILES string of the molecule is CCC(c1nc2ccccc2c(=O)n1C)N(CC)C(=O)Nc1cccc(Cl)c1. The lowest BCUT2D eigenvalue weighted by atomic mass is 10.1. The van der Waals surface area contributed by atoms with E-state index in [2.05, 4.69) is 5.32 Å². The molecule has 0 saturated carbocycles. The molecule has 146 valence electrons. The molecule has 1 heterocycles. The van der Waals surface area contributed by atoms with Crippen LogP contribution in [0.2, 0.25) is 5.02 Å². The van der Waals surface area contributed by atoms with Gasteiger partial charge < -0.3 is 10.2 Å². The third-order valence-electron chi connectivity index (χ3n) is 4.76. The van der Waals surface area contributed by atoms with E-state index in [9.17, 15) is 9.59 Å². The van der Waals surface area contributed by atoms with E-state index in [1.54, 1.807) is 42.3 Å². The fourth-order valence-corrected chi connectivity index (χ4v) is 3.53. The molecule has 0 aliphatic carbocycles. The second-order valence-corrected chi connectivity index (χ2v) is 6.94. The molecule has 0 aliphatic rings. The normalized spacial score (nSPS) is 12.0. The molecule has 6 nitrogen and oxygen atoms in total. The van der Waals surface area contributed by atoms with E-state index >= 15 is 0 Å². The average molecular weight is 399 g/mol. The molecule has 7 heteroatoms. The molecule has 28 heavy (non-hydrogen) atoms. The molecular formula is C21H23ClN4O2. The number of carbonyl (C=O) groups excluding carboxylic acids is 1. The molecule has 0 radical (unpaired) electrons. The smallest absolute Gasteiger partial charge is 0.315 e. The fourth-order valence-electron chi connectivity index (χ4n) is 3.34. The van der Waals surface area contributed by atoms with E-state index in [-0.39, 0.29) is 17.6 Å². The van der Waals surface area contributed by atoms with Crippen molar-refractivity contribution < 1.29 is 4.79 Å². The van der Waals surface area contributed by atoms with Gasteiger partial charge in [0, 0.05) is 24.3 Å². The van der Waals surface area contributed by atoms with Gasteiger partial charge in [0.2, 0.25) is 0 Å². The number of halogens is 1. The Hall–Kier alpha value is -2.86. The van der Waals surface area contributed by atoms with Crippen molar-refractivity contribution in [3.63, 3.8) is 0 Å². The third kappa shape index (κ3) is 3.87. The molecule has 1 unspecified atom stereocenters. The van der Waals surface area contributed by atoms with Gasteiger partial charge in [0.1, 0.15) is 5.82 Å². The number of nitrogens with zero attached hydrogens (tertiary/aromatic N) is 3. The Bertz CT molecular complexity index is 1060. The minimum Gasteiger partial charge on any atom is -0.315 e. The van der Waals surface area contributed by atoms with Crippen molar-refractivity contribution in [1.29, 1.82) is 0 Å². The minimum absolute atomic E-state index is 0.120. The summed E-state index contributed by atoms with van der Waals surface area (Å²) in [4.78, 5) is 32.1. The van der Waals surface area contributed by atoms with E-state index in [1.807, 2.05) is 32.0 Å². The summed E-state index contributed by atoms with van der Waals surface area (Å²) in [5.74, 6) is 0.564. The second kappa shape index (κ2) is 8.44. The van der Waals surface area contributed by atoms with Gasteiger partial charge in [-0.3, -0.25) is 9.36 Å². The number of benzene rings is 2. The molecule has 3 aromatic rings. The highest BCUT2D eigenvalue weighted by Gasteiger charge is 2.26. The Kier molecular flexibility index (Phi) is 5.99. The quantitative estimate of drug-likeness (QED) is 0.683. The number of nitrogens with one attached hydrogen (secondary N) is 1. The van der Waals surface area contributed by atoms with Crippen LogP contribution < -0.4 is 10.9 Å². The van der Waals surface area contributed by atoms with Gasteiger partial charge in [0.15, 0.2) is 0 Å². The second-order valence-electron chi connectivity index (χ2n) is 6.50. The molecular weight excluding hydrogens is 376 g/mol. The van der Waals surface area contributed by atoms with E-state index in [1.165, 1.54) is 4.57 Å². The first kappa shape index (κ1) is 19.9. The van der Waals surface area contributed by atoms with Crippen LogP contribution in [-0.2, 0) is 7.05 Å². The van der Waals surface area contributed by atoms with Crippen LogP contribution in [0, 0.1) is 0 Å². The largest absolute Gasteiger partial charge is 0.322 e. The van der Waals surface area contributed by atoms with Gasteiger partial charge in [-0.2, -0.15) is 0 Å². The van der Waals surface area contributed by atoms with Crippen molar-refractivity contribution >= 4 is 34.2 Å². The van der Waals surface area contributed by atoms with Gasteiger partial charge in [-0.15, -0.1) is 0 Å². The first-order valence-electron chi connectivity index (χ1n) is 9.25. The van der Waals surface area contributed by atoms with Crippen molar-refractivity contribution in [1.82, 2.24) is 14.5 Å². The number of anilines is 1. The van der Waals surface area contributed by atoms with Crippen LogP contribution in [0.1, 0.15) is 32.1 Å². The lowest BCUT2D eigenvalue weighted by molar-refractivity contribution is 0.185. The van der Waals surface area contributed by atoms with Crippen LogP contribution in [0.15, 0.2) is 53.3 Å². The summed E-state index contributed by atoms with van der Waals surface area (Å²) in [6, 6.07) is 13.6. The number of aromatic nitrogens is 2. The van der Waals surface area contributed by atoms with E-state index in [0.717, 1.165) is 0 Å². The number of hydrogen-bond acceptors (Lipinski definition) is 3. The molecule has 0 spiro atoms. The standard InChI is InChI=1S/C21H23ClN4O2/c1-4-18(19-24-17-12-7-6-11-16(17)20(27)25(19)3)26(5-2)21(28)23-15-10-8-9-14(22)13-15/h6-13,18H,4-5H2,1-3H3,(H,23,28). The van der Waals surface area contributed by atoms with Crippen LogP contribution in [0.25, 0.3) is 10.9 Å². The molecule has 0 saturated heterocycles. The zero-order valence-electron chi connectivity index (χ0n) is 16.1. The Morgan fingerprint density at radius 3 is 2.64 bits per heavy atom. The summed E-state index contributed by atoms with van der Waals surface area (Å²) in [5.41, 5.74) is 1.13. The highest BCUT2D eigenvalue weighted by atomic mass is 35.5. The highest BCUT2D eigenvalue weighted by molar-refractivity contribution is 6.30. The Balaban J connectivity index is 1.98. The Morgan fingerprint density at radius 2 is 1.96 bits per heavy atom. The predicted molar refractivity (Wildman–Crippen MR) is 113 cm³/mol. The van der Waals surface area contributed by atoms with Gasteiger partial charge in [-0.05, 0) is 43.7 Å². The zero-order chi connectivity index (χ0) is 20.3. The zero-order valence-corrected chi connectivity index (χ0v) is 16.9. The maximum absolute atomic E-state index is 12.9. The Labute approximate surface area is 168 Å². The van der Waals surface area contributed by atoms with Crippen LogP contribution in [-0.4, -0.2) is 27.0 Å². The van der Waals surface area contributed by atoms with E-state index in [0.29, 0.717) is 40.4 Å². The summed E-state index contributed by atoms with van der Waals surface area (Å²) >= 11 is 6.01. The fraction of sp³-hybridized carbons (Fsp3) is 0.286. The van der Waals surface area contributed by atoms with Crippen LogP contribution in [0.5, 0.6) is 0 Å². The monoisotopic (exact) mass is 398 g/mol. The lowest BCUT2D eigenvalue weighted by Gasteiger charge is -2.31. The number of rotatable bonds is 5. The summed E-state index contributed by atoms with van der Waals surface area (Å²) in [5, 5.41) is 3.99. The summed E-state index contributed by atoms with van der Waals surface area (Å²) in [6.45, 7) is 4.34. The first-order chi connectivity index (χ1) is 13.5. The molecule has 0 bridgehead atoms. The van der Waals surface area contributed by atoms with E-state index in [4.69, 9.17) is 16.6 Å². The van der Waals surface area contributed by atoms with Gasteiger partial charge >= 0.3 is 6.03 Å². The summed E-state index contributed by atoms with van der Waals surface area (Å²) in [7, 11) is 1.70. The molecule has 1 N–H and O–H groups in total. The lowest BCUT2D eigenvalue weighted by Crippen LogP contribution is -2.40. The number of para-hydroxylation sites is 1. The molecule has 0 aliphatic heterocycles. The van der Waals surface area contributed by atoms with Crippen molar-refractivity contribution in [2.45, 2.75) is 26.3 Å². The van der Waals surface area contributed by atoms with Crippen molar-refractivity contribution in [3.8, 4) is 0 Å². The molecule has 3 rings (SSSR count). The van der Waals surface area contributed by atoms with E-state index < -0.39 is 0 Å². The maximum Gasteiger partial charge on any atom is 0.322 e. The number of fused-ring (bicyclic) bond motifs is 1. The number of carbonyl (C=O) groups is 1. The number of urea groups is 1. The van der Waals surface area contributed by atoms with Gasteiger partial charge in [0.05, 0.1) is 16.9 Å². The van der Waals surface area contributed by atoms with Gasteiger partial charge in [-0.25, -0.2) is 9.78 Å². The van der Waals surface area contributed by atoms with Crippen molar-refractivity contribution in [2.24, 2.45) is 7.05 Å². The summed E-state index contributed by atoms with van der Waals surface area (Å²) in [6.07, 6.45) is 0.620. The first-order valence-corrected chi connectivity index (χ1v) is 9.62. The summed E-state index contributed by atoms with van der Waals surface area (Å²) < 4.78 is 1.53. The molecule has 1 aromatic heterocycles.